The fourth-order valence-corrected chi connectivity index (χ4v) is 0.996. The standard InChI is InChI=1S/C9H19NO2/c1-7(2)5-9(11)10-8(3)6-12-4/h7-8H,5-6H2,1-4H3,(H,10,11). The van der Waals surface area contributed by atoms with Crippen molar-refractivity contribution in [1.82, 2.24) is 5.32 Å². The fourth-order valence-electron chi connectivity index (χ4n) is 0.996. The van der Waals surface area contributed by atoms with Crippen LogP contribution in [0.3, 0.4) is 0 Å². The Hall–Kier alpha value is -0.570. The Balaban J connectivity index is 3.54. The Morgan fingerprint density at radius 2 is 2.00 bits per heavy atom. The van der Waals surface area contributed by atoms with Gasteiger partial charge in [-0.15, -0.1) is 0 Å². The lowest BCUT2D eigenvalue weighted by Crippen LogP contribution is -2.36. The van der Waals surface area contributed by atoms with Gasteiger partial charge in [-0.1, -0.05) is 13.8 Å². The summed E-state index contributed by atoms with van der Waals surface area (Å²) in [5, 5.41) is 2.85. The maximum absolute atomic E-state index is 11.2. The number of methoxy groups -OCH3 is 1. The maximum Gasteiger partial charge on any atom is 0.220 e. The second-order valence-electron chi connectivity index (χ2n) is 3.52. The lowest BCUT2D eigenvalue weighted by Gasteiger charge is -2.13. The zero-order valence-corrected chi connectivity index (χ0v) is 8.39. The summed E-state index contributed by atoms with van der Waals surface area (Å²) in [4.78, 5) is 11.2. The van der Waals surface area contributed by atoms with Gasteiger partial charge in [0.05, 0.1) is 6.61 Å². The van der Waals surface area contributed by atoms with E-state index >= 15 is 0 Å². The minimum atomic E-state index is 0.106. The van der Waals surface area contributed by atoms with Gasteiger partial charge in [-0.2, -0.15) is 0 Å². The van der Waals surface area contributed by atoms with E-state index in [1.54, 1.807) is 7.11 Å². The molecule has 0 fully saturated rings. The van der Waals surface area contributed by atoms with Crippen LogP contribution < -0.4 is 5.32 Å². The van der Waals surface area contributed by atoms with Crippen molar-refractivity contribution >= 4 is 5.91 Å². The van der Waals surface area contributed by atoms with Crippen LogP contribution in [0.15, 0.2) is 0 Å². The van der Waals surface area contributed by atoms with Crippen molar-refractivity contribution in [2.24, 2.45) is 5.92 Å². The molecule has 0 aromatic heterocycles. The predicted octanol–water partition coefficient (Wildman–Crippen LogP) is 1.18. The van der Waals surface area contributed by atoms with Gasteiger partial charge in [-0.05, 0) is 12.8 Å². The molecule has 0 radical (unpaired) electrons. The van der Waals surface area contributed by atoms with E-state index in [0.717, 1.165) is 0 Å². The second-order valence-corrected chi connectivity index (χ2v) is 3.52. The summed E-state index contributed by atoms with van der Waals surface area (Å²) in [6, 6.07) is 0.112. The first-order valence-corrected chi connectivity index (χ1v) is 4.34. The van der Waals surface area contributed by atoms with Crippen LogP contribution in [-0.4, -0.2) is 25.7 Å². The molecule has 0 heterocycles. The zero-order valence-electron chi connectivity index (χ0n) is 8.39. The topological polar surface area (TPSA) is 38.3 Å². The number of carbonyl (C=O) groups is 1. The molecule has 0 bridgehead atoms. The number of ether oxygens (including phenoxy) is 1. The molecule has 0 aliphatic rings. The molecule has 0 aliphatic carbocycles. The highest BCUT2D eigenvalue weighted by Crippen LogP contribution is 1.98. The van der Waals surface area contributed by atoms with Gasteiger partial charge in [0.2, 0.25) is 5.91 Å². The monoisotopic (exact) mass is 173 g/mol. The van der Waals surface area contributed by atoms with E-state index in [4.69, 9.17) is 4.74 Å². The minimum absolute atomic E-state index is 0.106. The molecule has 0 aromatic rings. The predicted molar refractivity (Wildman–Crippen MR) is 48.9 cm³/mol. The summed E-state index contributed by atoms with van der Waals surface area (Å²) in [7, 11) is 1.63. The third-order valence-corrected chi connectivity index (χ3v) is 1.42. The van der Waals surface area contributed by atoms with Gasteiger partial charge >= 0.3 is 0 Å². The summed E-state index contributed by atoms with van der Waals surface area (Å²) < 4.78 is 4.89. The maximum atomic E-state index is 11.2. The van der Waals surface area contributed by atoms with E-state index in [-0.39, 0.29) is 11.9 Å². The van der Waals surface area contributed by atoms with E-state index in [9.17, 15) is 4.79 Å². The number of hydrogen-bond donors (Lipinski definition) is 1. The highest BCUT2D eigenvalue weighted by molar-refractivity contribution is 5.76. The van der Waals surface area contributed by atoms with Gasteiger partial charge < -0.3 is 10.1 Å². The molecule has 3 nitrogen and oxygen atoms in total. The molecule has 3 heteroatoms. The van der Waals surface area contributed by atoms with E-state index in [1.807, 2.05) is 20.8 Å². The van der Waals surface area contributed by atoms with E-state index in [1.165, 1.54) is 0 Å². The van der Waals surface area contributed by atoms with Crippen LogP contribution in [0.5, 0.6) is 0 Å². The summed E-state index contributed by atoms with van der Waals surface area (Å²) in [6.45, 7) is 6.56. The van der Waals surface area contributed by atoms with E-state index in [0.29, 0.717) is 18.9 Å². The van der Waals surface area contributed by atoms with Crippen molar-refractivity contribution in [1.29, 1.82) is 0 Å². The number of rotatable bonds is 5. The molecule has 0 aliphatic heterocycles. The Morgan fingerprint density at radius 1 is 1.42 bits per heavy atom. The van der Waals surface area contributed by atoms with E-state index in [2.05, 4.69) is 5.32 Å². The summed E-state index contributed by atoms with van der Waals surface area (Å²) in [5.74, 6) is 0.522. The third kappa shape index (κ3) is 6.16. The molecular formula is C9H19NO2. The smallest absolute Gasteiger partial charge is 0.220 e. The molecule has 0 saturated carbocycles. The quantitative estimate of drug-likeness (QED) is 0.678. The van der Waals surface area contributed by atoms with Gasteiger partial charge in [0.25, 0.3) is 0 Å². The molecule has 72 valence electrons. The van der Waals surface area contributed by atoms with Crippen molar-refractivity contribution < 1.29 is 9.53 Å². The largest absolute Gasteiger partial charge is 0.383 e. The van der Waals surface area contributed by atoms with Crippen LogP contribution in [0.25, 0.3) is 0 Å². The van der Waals surface area contributed by atoms with E-state index < -0.39 is 0 Å². The Morgan fingerprint density at radius 3 is 2.42 bits per heavy atom. The first-order valence-electron chi connectivity index (χ1n) is 4.34. The number of amides is 1. The van der Waals surface area contributed by atoms with Crippen LogP contribution in [-0.2, 0) is 9.53 Å². The SMILES string of the molecule is COCC(C)NC(=O)CC(C)C. The summed E-state index contributed by atoms with van der Waals surface area (Å²) in [6.07, 6.45) is 0.591. The highest BCUT2D eigenvalue weighted by Gasteiger charge is 2.07. The first-order chi connectivity index (χ1) is 5.56. The molecule has 1 amide bonds. The Bertz CT molecular complexity index is 134. The van der Waals surface area contributed by atoms with Crippen LogP contribution in [0.1, 0.15) is 27.2 Å². The average molecular weight is 173 g/mol. The van der Waals surface area contributed by atoms with Crippen LogP contribution in [0, 0.1) is 5.92 Å². The second kappa shape index (κ2) is 6.00. The van der Waals surface area contributed by atoms with Gasteiger partial charge in [0, 0.05) is 19.6 Å². The van der Waals surface area contributed by atoms with Gasteiger partial charge in [0.15, 0.2) is 0 Å². The molecule has 1 unspecified atom stereocenters. The van der Waals surface area contributed by atoms with Crippen molar-refractivity contribution in [3.63, 3.8) is 0 Å². The van der Waals surface area contributed by atoms with Crippen LogP contribution in [0.2, 0.25) is 0 Å². The summed E-state index contributed by atoms with van der Waals surface area (Å²) >= 11 is 0. The Labute approximate surface area is 74.5 Å². The minimum Gasteiger partial charge on any atom is -0.383 e. The highest BCUT2D eigenvalue weighted by atomic mass is 16.5. The van der Waals surface area contributed by atoms with Gasteiger partial charge in [-0.25, -0.2) is 0 Å². The third-order valence-electron chi connectivity index (χ3n) is 1.42. The molecule has 0 spiro atoms. The number of carbonyl (C=O) groups excluding carboxylic acids is 1. The molecule has 1 atom stereocenters. The lowest BCUT2D eigenvalue weighted by molar-refractivity contribution is -0.122. The molecule has 0 rings (SSSR count). The first kappa shape index (κ1) is 11.4. The number of hydrogen-bond acceptors (Lipinski definition) is 2. The van der Waals surface area contributed by atoms with Crippen molar-refractivity contribution in [3.8, 4) is 0 Å². The normalized spacial score (nSPS) is 13.1. The zero-order chi connectivity index (χ0) is 9.56. The van der Waals surface area contributed by atoms with Gasteiger partial charge in [-0.3, -0.25) is 4.79 Å². The van der Waals surface area contributed by atoms with Crippen LogP contribution >= 0.6 is 0 Å². The fraction of sp³-hybridized carbons (Fsp3) is 0.889. The molecule has 0 saturated heterocycles. The average Bonchev–Trinajstić information content (AvgIpc) is 1.84. The van der Waals surface area contributed by atoms with Crippen molar-refractivity contribution in [3.05, 3.63) is 0 Å². The lowest BCUT2D eigenvalue weighted by atomic mass is 10.1. The summed E-state index contributed by atoms with van der Waals surface area (Å²) in [5.41, 5.74) is 0. The molecular weight excluding hydrogens is 154 g/mol. The number of nitrogens with one attached hydrogen (secondary N) is 1. The molecule has 0 aromatic carbocycles. The van der Waals surface area contributed by atoms with Crippen molar-refractivity contribution in [2.75, 3.05) is 13.7 Å². The van der Waals surface area contributed by atoms with Crippen LogP contribution in [0.4, 0.5) is 0 Å². The molecule has 1 N–H and O–H groups in total. The van der Waals surface area contributed by atoms with Gasteiger partial charge in [0.1, 0.15) is 0 Å². The van der Waals surface area contributed by atoms with Crippen molar-refractivity contribution in [2.45, 2.75) is 33.2 Å². The Kier molecular flexibility index (Phi) is 5.72. The molecule has 12 heavy (non-hydrogen) atoms.